The van der Waals surface area contributed by atoms with Crippen LogP contribution in [0.5, 0.6) is 0 Å². The molecule has 0 aliphatic heterocycles. The number of hydrogen-bond donors (Lipinski definition) is 1. The highest BCUT2D eigenvalue weighted by Gasteiger charge is 2.15. The predicted octanol–water partition coefficient (Wildman–Crippen LogP) is 1.76. The molecule has 1 heterocycles. The first kappa shape index (κ1) is 13.6. The molecule has 1 aromatic heterocycles. The van der Waals surface area contributed by atoms with E-state index in [1.807, 2.05) is 0 Å². The van der Waals surface area contributed by atoms with E-state index in [1.165, 1.54) is 12.3 Å². The molecule has 0 saturated heterocycles. The van der Waals surface area contributed by atoms with Crippen molar-refractivity contribution < 1.29 is 14.4 Å². The Labute approximate surface area is 115 Å². The Bertz CT molecular complexity index is 637. The molecule has 2 rings (SSSR count). The highest BCUT2D eigenvalue weighted by Crippen LogP contribution is 2.16. The molecule has 0 amide bonds. The first-order chi connectivity index (χ1) is 9.72. The number of aromatic nitrogens is 1. The van der Waals surface area contributed by atoms with Gasteiger partial charge >= 0.3 is 5.97 Å². The van der Waals surface area contributed by atoms with E-state index in [-0.39, 0.29) is 11.4 Å². The third kappa shape index (κ3) is 3.15. The standard InChI is InChI=1S/C15H12N2O3/c16-20-15(19)13(11-5-2-1-3-6-11)9-14(18)12-7-4-8-17-10-12/h1-10H,16H2. The first-order valence-electron chi connectivity index (χ1n) is 5.85. The fourth-order valence-electron chi connectivity index (χ4n) is 1.66. The van der Waals surface area contributed by atoms with Crippen molar-refractivity contribution in [3.63, 3.8) is 0 Å². The van der Waals surface area contributed by atoms with Gasteiger partial charge in [-0.05, 0) is 17.7 Å². The molecule has 0 saturated carbocycles. The normalized spacial score (nSPS) is 10.9. The molecule has 0 spiro atoms. The van der Waals surface area contributed by atoms with Gasteiger partial charge in [0.25, 0.3) is 0 Å². The lowest BCUT2D eigenvalue weighted by Gasteiger charge is -2.04. The van der Waals surface area contributed by atoms with Gasteiger partial charge in [-0.15, -0.1) is 0 Å². The van der Waals surface area contributed by atoms with Gasteiger partial charge in [0, 0.05) is 24.0 Å². The molecule has 1 aromatic carbocycles. The predicted molar refractivity (Wildman–Crippen MR) is 73.3 cm³/mol. The Kier molecular flexibility index (Phi) is 4.36. The minimum atomic E-state index is -0.770. The van der Waals surface area contributed by atoms with E-state index < -0.39 is 5.97 Å². The molecule has 0 aliphatic carbocycles. The first-order valence-corrected chi connectivity index (χ1v) is 5.85. The minimum absolute atomic E-state index is 0.0990. The second-order valence-electron chi connectivity index (χ2n) is 3.94. The van der Waals surface area contributed by atoms with Gasteiger partial charge in [-0.2, -0.15) is 5.90 Å². The average Bonchev–Trinajstić information content (AvgIpc) is 2.53. The van der Waals surface area contributed by atoms with Gasteiger partial charge in [-0.3, -0.25) is 9.78 Å². The summed E-state index contributed by atoms with van der Waals surface area (Å²) in [7, 11) is 0. The molecule has 0 unspecified atom stereocenters. The van der Waals surface area contributed by atoms with Crippen molar-refractivity contribution in [2.75, 3.05) is 0 Å². The monoisotopic (exact) mass is 268 g/mol. The van der Waals surface area contributed by atoms with Crippen molar-refractivity contribution >= 4 is 17.3 Å². The zero-order chi connectivity index (χ0) is 14.4. The van der Waals surface area contributed by atoms with Crippen LogP contribution in [0.4, 0.5) is 0 Å². The van der Waals surface area contributed by atoms with E-state index in [9.17, 15) is 9.59 Å². The SMILES string of the molecule is NOC(=O)C(=CC(=O)c1cccnc1)c1ccccc1. The number of nitrogens with two attached hydrogens (primary N) is 1. The summed E-state index contributed by atoms with van der Waals surface area (Å²) in [4.78, 5) is 31.9. The molecule has 5 nitrogen and oxygen atoms in total. The fourth-order valence-corrected chi connectivity index (χ4v) is 1.66. The fraction of sp³-hybridized carbons (Fsp3) is 0. The van der Waals surface area contributed by atoms with Gasteiger partial charge in [-0.1, -0.05) is 30.3 Å². The molecule has 0 fully saturated rings. The van der Waals surface area contributed by atoms with E-state index in [0.717, 1.165) is 0 Å². The number of rotatable bonds is 4. The summed E-state index contributed by atoms with van der Waals surface area (Å²) >= 11 is 0. The van der Waals surface area contributed by atoms with Gasteiger partial charge in [0.15, 0.2) is 5.78 Å². The van der Waals surface area contributed by atoms with E-state index >= 15 is 0 Å². The van der Waals surface area contributed by atoms with Crippen molar-refractivity contribution in [2.45, 2.75) is 0 Å². The summed E-state index contributed by atoms with van der Waals surface area (Å²) in [5.41, 5.74) is 1.04. The molecule has 20 heavy (non-hydrogen) atoms. The minimum Gasteiger partial charge on any atom is -0.370 e. The van der Waals surface area contributed by atoms with Crippen LogP contribution < -0.4 is 5.90 Å². The molecule has 0 aliphatic rings. The molecular formula is C15H12N2O3. The second-order valence-corrected chi connectivity index (χ2v) is 3.94. The Morgan fingerprint density at radius 2 is 1.75 bits per heavy atom. The third-order valence-electron chi connectivity index (χ3n) is 2.63. The highest BCUT2D eigenvalue weighted by molar-refractivity contribution is 6.23. The number of carbonyl (C=O) groups excluding carboxylic acids is 2. The topological polar surface area (TPSA) is 82.3 Å². The van der Waals surface area contributed by atoms with Crippen LogP contribution in [0.3, 0.4) is 0 Å². The lowest BCUT2D eigenvalue weighted by atomic mass is 10.0. The number of allylic oxidation sites excluding steroid dienone is 1. The smallest absolute Gasteiger partial charge is 0.357 e. The van der Waals surface area contributed by atoms with Gasteiger partial charge in [0.05, 0.1) is 5.57 Å². The van der Waals surface area contributed by atoms with E-state index in [2.05, 4.69) is 9.82 Å². The molecule has 0 radical (unpaired) electrons. The van der Waals surface area contributed by atoms with Crippen molar-refractivity contribution in [3.8, 4) is 0 Å². The van der Waals surface area contributed by atoms with Crippen molar-refractivity contribution in [1.29, 1.82) is 0 Å². The Morgan fingerprint density at radius 3 is 2.35 bits per heavy atom. The highest BCUT2D eigenvalue weighted by atomic mass is 16.7. The summed E-state index contributed by atoms with van der Waals surface area (Å²) in [6.45, 7) is 0. The summed E-state index contributed by atoms with van der Waals surface area (Å²) in [6, 6.07) is 12.0. The number of carbonyl (C=O) groups is 2. The molecule has 0 atom stereocenters. The molecule has 2 N–H and O–H groups in total. The number of hydrogen-bond acceptors (Lipinski definition) is 5. The Balaban J connectivity index is 2.40. The Hall–Kier alpha value is -2.79. The van der Waals surface area contributed by atoms with Crippen LogP contribution in [0, 0.1) is 0 Å². The zero-order valence-corrected chi connectivity index (χ0v) is 10.5. The van der Waals surface area contributed by atoms with Gasteiger partial charge in [0.1, 0.15) is 0 Å². The van der Waals surface area contributed by atoms with Crippen LogP contribution in [-0.4, -0.2) is 16.7 Å². The molecule has 2 aromatic rings. The van der Waals surface area contributed by atoms with Crippen LogP contribution in [0.2, 0.25) is 0 Å². The van der Waals surface area contributed by atoms with Gasteiger partial charge < -0.3 is 4.84 Å². The quantitative estimate of drug-likeness (QED) is 0.519. The maximum atomic E-state index is 12.1. The summed E-state index contributed by atoms with van der Waals surface area (Å²) in [5.74, 6) is 3.80. The average molecular weight is 268 g/mol. The van der Waals surface area contributed by atoms with Gasteiger partial charge in [-0.25, -0.2) is 4.79 Å². The second kappa shape index (κ2) is 6.40. The van der Waals surface area contributed by atoms with Crippen LogP contribution >= 0.6 is 0 Å². The lowest BCUT2D eigenvalue weighted by molar-refractivity contribution is -0.137. The van der Waals surface area contributed by atoms with E-state index in [1.54, 1.807) is 48.7 Å². The van der Waals surface area contributed by atoms with Crippen molar-refractivity contribution in [1.82, 2.24) is 4.98 Å². The lowest BCUT2D eigenvalue weighted by Crippen LogP contribution is -2.13. The van der Waals surface area contributed by atoms with Crippen molar-refractivity contribution in [3.05, 3.63) is 72.1 Å². The zero-order valence-electron chi connectivity index (χ0n) is 10.5. The summed E-state index contributed by atoms with van der Waals surface area (Å²) in [5, 5.41) is 0. The molecule has 0 bridgehead atoms. The van der Waals surface area contributed by atoms with Gasteiger partial charge in [0.2, 0.25) is 0 Å². The number of pyridine rings is 1. The number of benzene rings is 1. The van der Waals surface area contributed by atoms with E-state index in [4.69, 9.17) is 5.90 Å². The molecule has 5 heteroatoms. The van der Waals surface area contributed by atoms with E-state index in [0.29, 0.717) is 11.1 Å². The van der Waals surface area contributed by atoms with Crippen LogP contribution in [0.15, 0.2) is 60.9 Å². The molecular weight excluding hydrogens is 256 g/mol. The van der Waals surface area contributed by atoms with Crippen LogP contribution in [0.1, 0.15) is 15.9 Å². The van der Waals surface area contributed by atoms with Crippen LogP contribution in [0.25, 0.3) is 5.57 Å². The summed E-state index contributed by atoms with van der Waals surface area (Å²) in [6.07, 6.45) is 4.18. The molecule has 100 valence electrons. The maximum absolute atomic E-state index is 12.1. The van der Waals surface area contributed by atoms with Crippen molar-refractivity contribution in [2.24, 2.45) is 5.90 Å². The number of nitrogens with zero attached hydrogens (tertiary/aromatic N) is 1. The third-order valence-corrected chi connectivity index (χ3v) is 2.63. The maximum Gasteiger partial charge on any atom is 0.357 e. The van der Waals surface area contributed by atoms with Crippen LogP contribution in [-0.2, 0) is 9.63 Å². The largest absolute Gasteiger partial charge is 0.370 e. The Morgan fingerprint density at radius 1 is 1.05 bits per heavy atom. The number of ketones is 1. The summed E-state index contributed by atoms with van der Waals surface area (Å²) < 4.78 is 0.